The van der Waals surface area contributed by atoms with Crippen LogP contribution in [0.2, 0.25) is 0 Å². The molecule has 5 heteroatoms. The number of nitrogens with one attached hydrogen (secondary N) is 1. The molecule has 0 bridgehead atoms. The summed E-state index contributed by atoms with van der Waals surface area (Å²) in [5.41, 5.74) is 2.20. The fraction of sp³-hybridized carbons (Fsp3) is 0.440. The monoisotopic (exact) mass is 424 g/mol. The summed E-state index contributed by atoms with van der Waals surface area (Å²) in [6.45, 7) is 4.33. The minimum Gasteiger partial charge on any atom is -0.352 e. The van der Waals surface area contributed by atoms with Gasteiger partial charge in [0.05, 0.1) is 5.75 Å². The number of rotatable bonds is 8. The van der Waals surface area contributed by atoms with Gasteiger partial charge in [0.15, 0.2) is 0 Å². The van der Waals surface area contributed by atoms with Crippen LogP contribution in [0.25, 0.3) is 0 Å². The van der Waals surface area contributed by atoms with Crippen LogP contribution < -0.4 is 5.32 Å². The van der Waals surface area contributed by atoms with E-state index in [1.54, 1.807) is 4.90 Å². The van der Waals surface area contributed by atoms with E-state index in [9.17, 15) is 9.59 Å². The van der Waals surface area contributed by atoms with Crippen molar-refractivity contribution in [2.75, 3.05) is 5.75 Å². The Morgan fingerprint density at radius 2 is 1.80 bits per heavy atom. The van der Waals surface area contributed by atoms with Gasteiger partial charge in [-0.15, -0.1) is 11.8 Å². The Morgan fingerprint density at radius 3 is 2.50 bits per heavy atom. The number of carbonyl (C=O) groups excluding carboxylic acids is 2. The number of amides is 2. The third-order valence-electron chi connectivity index (χ3n) is 5.66. The highest BCUT2D eigenvalue weighted by Crippen LogP contribution is 2.21. The summed E-state index contributed by atoms with van der Waals surface area (Å²) in [5.74, 6) is 0.251. The molecule has 0 spiro atoms. The SMILES string of the molecule is Cc1cccc(CN(C(=O)CSc2ccccc2)C(C)C(=O)NC2CCCCC2)c1. The lowest BCUT2D eigenvalue weighted by Crippen LogP contribution is -2.50. The minimum atomic E-state index is -0.503. The highest BCUT2D eigenvalue weighted by atomic mass is 32.2. The van der Waals surface area contributed by atoms with E-state index in [2.05, 4.69) is 11.4 Å². The maximum atomic E-state index is 13.2. The second-order valence-corrected chi connectivity index (χ2v) is 9.18. The lowest BCUT2D eigenvalue weighted by molar-refractivity contribution is -0.139. The molecule has 1 aliphatic rings. The average molecular weight is 425 g/mol. The van der Waals surface area contributed by atoms with Crippen molar-refractivity contribution in [3.05, 3.63) is 65.7 Å². The number of hydrogen-bond donors (Lipinski definition) is 1. The van der Waals surface area contributed by atoms with Crippen LogP contribution in [0.3, 0.4) is 0 Å². The first kappa shape index (κ1) is 22.4. The Labute approximate surface area is 184 Å². The van der Waals surface area contributed by atoms with E-state index in [1.165, 1.54) is 31.0 Å². The van der Waals surface area contributed by atoms with E-state index in [-0.39, 0.29) is 17.9 Å². The van der Waals surface area contributed by atoms with Gasteiger partial charge in [0.1, 0.15) is 6.04 Å². The van der Waals surface area contributed by atoms with Crippen molar-refractivity contribution in [2.24, 2.45) is 0 Å². The van der Waals surface area contributed by atoms with E-state index in [0.717, 1.165) is 28.9 Å². The number of hydrogen-bond acceptors (Lipinski definition) is 3. The van der Waals surface area contributed by atoms with Gasteiger partial charge in [-0.3, -0.25) is 9.59 Å². The zero-order valence-corrected chi connectivity index (χ0v) is 18.8. The number of aryl methyl sites for hydroxylation is 1. The van der Waals surface area contributed by atoms with Crippen molar-refractivity contribution in [2.45, 2.75) is 69.5 Å². The van der Waals surface area contributed by atoms with Crippen LogP contribution in [0, 0.1) is 6.92 Å². The van der Waals surface area contributed by atoms with Gasteiger partial charge in [0, 0.05) is 17.5 Å². The highest BCUT2D eigenvalue weighted by Gasteiger charge is 2.28. The van der Waals surface area contributed by atoms with Crippen LogP contribution in [-0.4, -0.2) is 34.6 Å². The number of nitrogens with zero attached hydrogens (tertiary/aromatic N) is 1. The normalized spacial score (nSPS) is 15.4. The van der Waals surface area contributed by atoms with E-state index >= 15 is 0 Å². The van der Waals surface area contributed by atoms with Gasteiger partial charge in [0.25, 0.3) is 0 Å². The molecule has 30 heavy (non-hydrogen) atoms. The van der Waals surface area contributed by atoms with Gasteiger partial charge in [-0.05, 0) is 44.4 Å². The van der Waals surface area contributed by atoms with Crippen molar-refractivity contribution >= 4 is 23.6 Å². The predicted molar refractivity (Wildman–Crippen MR) is 123 cm³/mol. The van der Waals surface area contributed by atoms with Gasteiger partial charge in [-0.25, -0.2) is 0 Å². The zero-order valence-electron chi connectivity index (χ0n) is 18.0. The smallest absolute Gasteiger partial charge is 0.242 e. The van der Waals surface area contributed by atoms with E-state index in [4.69, 9.17) is 0 Å². The molecule has 4 nitrogen and oxygen atoms in total. The molecule has 2 amide bonds. The largest absolute Gasteiger partial charge is 0.352 e. The van der Waals surface area contributed by atoms with Crippen molar-refractivity contribution in [3.8, 4) is 0 Å². The number of carbonyl (C=O) groups is 2. The maximum Gasteiger partial charge on any atom is 0.242 e. The summed E-state index contributed by atoms with van der Waals surface area (Å²) in [6, 6.07) is 17.8. The molecule has 0 aromatic heterocycles. The molecular formula is C25H32N2O2S. The first-order valence-electron chi connectivity index (χ1n) is 10.9. The van der Waals surface area contributed by atoms with Gasteiger partial charge in [0.2, 0.25) is 11.8 Å². The molecule has 1 saturated carbocycles. The third-order valence-corrected chi connectivity index (χ3v) is 6.66. The van der Waals surface area contributed by atoms with Crippen molar-refractivity contribution in [3.63, 3.8) is 0 Å². The van der Waals surface area contributed by atoms with Crippen LogP contribution in [0.5, 0.6) is 0 Å². The first-order valence-corrected chi connectivity index (χ1v) is 11.8. The summed E-state index contributed by atoms with van der Waals surface area (Å²) in [4.78, 5) is 28.9. The molecule has 1 atom stereocenters. The minimum absolute atomic E-state index is 0.0170. The fourth-order valence-electron chi connectivity index (χ4n) is 3.90. The van der Waals surface area contributed by atoms with Crippen LogP contribution in [0.1, 0.15) is 50.2 Å². The summed E-state index contributed by atoms with van der Waals surface area (Å²) in [5, 5.41) is 3.19. The van der Waals surface area contributed by atoms with Gasteiger partial charge in [-0.2, -0.15) is 0 Å². The Bertz CT molecular complexity index is 834. The Hall–Kier alpha value is -2.27. The highest BCUT2D eigenvalue weighted by molar-refractivity contribution is 8.00. The number of benzene rings is 2. The summed E-state index contributed by atoms with van der Waals surface area (Å²) < 4.78 is 0. The molecule has 1 fully saturated rings. The van der Waals surface area contributed by atoms with Crippen LogP contribution in [0.4, 0.5) is 0 Å². The Balaban J connectivity index is 1.69. The zero-order chi connectivity index (χ0) is 21.3. The molecule has 2 aromatic carbocycles. The summed E-state index contributed by atoms with van der Waals surface area (Å²) >= 11 is 1.51. The van der Waals surface area contributed by atoms with E-state index < -0.39 is 6.04 Å². The van der Waals surface area contributed by atoms with Crippen molar-refractivity contribution < 1.29 is 9.59 Å². The molecule has 3 rings (SSSR count). The summed E-state index contributed by atoms with van der Waals surface area (Å²) in [6.07, 6.45) is 5.65. The van der Waals surface area contributed by atoms with E-state index in [0.29, 0.717) is 12.3 Å². The van der Waals surface area contributed by atoms with Gasteiger partial charge < -0.3 is 10.2 Å². The average Bonchev–Trinajstić information content (AvgIpc) is 2.77. The lowest BCUT2D eigenvalue weighted by atomic mass is 9.95. The molecule has 2 aromatic rings. The Morgan fingerprint density at radius 1 is 1.07 bits per heavy atom. The predicted octanol–water partition coefficient (Wildman–Crippen LogP) is 4.95. The molecule has 160 valence electrons. The molecule has 0 heterocycles. The van der Waals surface area contributed by atoms with Crippen LogP contribution in [-0.2, 0) is 16.1 Å². The molecule has 1 aliphatic carbocycles. The third kappa shape index (κ3) is 6.63. The van der Waals surface area contributed by atoms with Crippen LogP contribution in [0.15, 0.2) is 59.5 Å². The van der Waals surface area contributed by atoms with Crippen molar-refractivity contribution in [1.29, 1.82) is 0 Å². The van der Waals surface area contributed by atoms with Gasteiger partial charge >= 0.3 is 0 Å². The van der Waals surface area contributed by atoms with E-state index in [1.807, 2.05) is 62.4 Å². The second kappa shape index (κ2) is 11.2. The number of thioether (sulfide) groups is 1. The molecule has 1 N–H and O–H groups in total. The standard InChI is InChI=1S/C25H32N2O2S/c1-19-10-9-11-21(16-19)17-27(24(28)18-30-23-14-7-4-8-15-23)20(2)25(29)26-22-12-5-3-6-13-22/h4,7-11,14-16,20,22H,3,5-6,12-13,17-18H2,1-2H3,(H,26,29). The van der Waals surface area contributed by atoms with Crippen LogP contribution >= 0.6 is 11.8 Å². The lowest BCUT2D eigenvalue weighted by Gasteiger charge is -2.31. The molecular weight excluding hydrogens is 392 g/mol. The molecule has 0 aliphatic heterocycles. The quantitative estimate of drug-likeness (QED) is 0.610. The molecule has 0 saturated heterocycles. The molecule has 1 unspecified atom stereocenters. The maximum absolute atomic E-state index is 13.2. The first-order chi connectivity index (χ1) is 14.5. The summed E-state index contributed by atoms with van der Waals surface area (Å²) in [7, 11) is 0. The van der Waals surface area contributed by atoms with Gasteiger partial charge in [-0.1, -0.05) is 67.3 Å². The topological polar surface area (TPSA) is 49.4 Å². The molecule has 0 radical (unpaired) electrons. The fourth-order valence-corrected chi connectivity index (χ4v) is 4.71. The second-order valence-electron chi connectivity index (χ2n) is 8.13. The Kier molecular flexibility index (Phi) is 8.38. The van der Waals surface area contributed by atoms with Crippen molar-refractivity contribution in [1.82, 2.24) is 10.2 Å².